The van der Waals surface area contributed by atoms with Crippen molar-refractivity contribution < 1.29 is 4.79 Å². The molecule has 0 saturated heterocycles. The number of carbonyl (C=O) groups is 1. The Bertz CT molecular complexity index is 364. The number of amides is 1. The fourth-order valence-electron chi connectivity index (χ4n) is 1.14. The lowest BCUT2D eigenvalue weighted by Crippen LogP contribution is -2.34. The Hall–Kier alpha value is -1.65. The van der Waals surface area contributed by atoms with Crippen molar-refractivity contribution in [3.8, 4) is 0 Å². The molecule has 13 heavy (non-hydrogen) atoms. The monoisotopic (exact) mass is 178 g/mol. The minimum Gasteiger partial charge on any atom is -0.308 e. The van der Waals surface area contributed by atoms with Crippen LogP contribution in [0.3, 0.4) is 0 Å². The van der Waals surface area contributed by atoms with Crippen LogP contribution in [0.1, 0.15) is 19.4 Å². The van der Waals surface area contributed by atoms with E-state index in [2.05, 4.69) is 20.5 Å². The molecule has 5 nitrogen and oxygen atoms in total. The van der Waals surface area contributed by atoms with Crippen LogP contribution < -0.4 is 5.32 Å². The number of nitrogens with zero attached hydrogens (tertiary/aromatic N) is 2. The first-order chi connectivity index (χ1) is 6.09. The third-order valence-electron chi connectivity index (χ3n) is 1.95. The quantitative estimate of drug-likeness (QED) is 0.638. The average Bonchev–Trinajstić information content (AvgIpc) is 2.60. The van der Waals surface area contributed by atoms with Crippen molar-refractivity contribution in [1.82, 2.24) is 15.5 Å². The standard InChI is InChI=1S/C8H10N4O/c1-8(2)7(13)11-6(12-8)5-3-9-10-4-5/h3-4H,1-2H3,(H,9,10)(H,11,12,13). The number of aliphatic imine (C=N–C) groups is 1. The van der Waals surface area contributed by atoms with E-state index in [4.69, 9.17) is 0 Å². The van der Waals surface area contributed by atoms with Crippen LogP contribution >= 0.6 is 0 Å². The summed E-state index contributed by atoms with van der Waals surface area (Å²) in [5, 5.41) is 9.15. The zero-order valence-corrected chi connectivity index (χ0v) is 7.46. The normalized spacial score (nSPS) is 19.8. The van der Waals surface area contributed by atoms with E-state index in [1.54, 1.807) is 26.2 Å². The Morgan fingerprint density at radius 3 is 2.69 bits per heavy atom. The summed E-state index contributed by atoms with van der Waals surface area (Å²) >= 11 is 0. The maximum atomic E-state index is 11.3. The van der Waals surface area contributed by atoms with Crippen LogP contribution in [0.4, 0.5) is 0 Å². The lowest BCUT2D eigenvalue weighted by molar-refractivity contribution is -0.122. The topological polar surface area (TPSA) is 70.1 Å². The molecule has 1 aromatic rings. The molecule has 2 heterocycles. The molecule has 2 N–H and O–H groups in total. The number of carbonyl (C=O) groups excluding carboxylic acids is 1. The zero-order valence-electron chi connectivity index (χ0n) is 7.46. The van der Waals surface area contributed by atoms with Gasteiger partial charge in [-0.25, -0.2) is 0 Å². The van der Waals surface area contributed by atoms with Crippen LogP contribution in [-0.2, 0) is 4.79 Å². The van der Waals surface area contributed by atoms with Crippen molar-refractivity contribution in [2.24, 2.45) is 4.99 Å². The summed E-state index contributed by atoms with van der Waals surface area (Å²) < 4.78 is 0. The molecular weight excluding hydrogens is 168 g/mol. The second kappa shape index (κ2) is 2.42. The second-order valence-electron chi connectivity index (χ2n) is 3.46. The van der Waals surface area contributed by atoms with Crippen LogP contribution in [0.5, 0.6) is 0 Å². The van der Waals surface area contributed by atoms with Gasteiger partial charge in [-0.15, -0.1) is 0 Å². The fourth-order valence-corrected chi connectivity index (χ4v) is 1.14. The highest BCUT2D eigenvalue weighted by atomic mass is 16.2. The molecule has 0 radical (unpaired) electrons. The molecule has 0 atom stereocenters. The lowest BCUT2D eigenvalue weighted by atomic mass is 10.1. The molecule has 0 spiro atoms. The van der Waals surface area contributed by atoms with Crippen LogP contribution in [0, 0.1) is 0 Å². The van der Waals surface area contributed by atoms with Gasteiger partial charge in [0.15, 0.2) is 0 Å². The summed E-state index contributed by atoms with van der Waals surface area (Å²) in [4.78, 5) is 15.6. The molecule has 0 saturated carbocycles. The molecular formula is C8H10N4O. The minimum atomic E-state index is -0.660. The van der Waals surface area contributed by atoms with Crippen molar-refractivity contribution in [3.05, 3.63) is 18.0 Å². The van der Waals surface area contributed by atoms with E-state index >= 15 is 0 Å². The number of nitrogens with one attached hydrogen (secondary N) is 2. The first-order valence-corrected chi connectivity index (χ1v) is 4.00. The Morgan fingerprint density at radius 2 is 2.23 bits per heavy atom. The number of hydrogen-bond acceptors (Lipinski definition) is 3. The third kappa shape index (κ3) is 1.22. The van der Waals surface area contributed by atoms with E-state index in [9.17, 15) is 4.79 Å². The Balaban J connectivity index is 2.35. The average molecular weight is 178 g/mol. The molecule has 2 rings (SSSR count). The van der Waals surface area contributed by atoms with Gasteiger partial charge in [0.25, 0.3) is 5.91 Å². The molecule has 1 aliphatic rings. The van der Waals surface area contributed by atoms with E-state index in [0.717, 1.165) is 5.56 Å². The van der Waals surface area contributed by atoms with Gasteiger partial charge < -0.3 is 5.32 Å². The molecule has 0 fully saturated rings. The van der Waals surface area contributed by atoms with Gasteiger partial charge in [0.05, 0.1) is 11.8 Å². The van der Waals surface area contributed by atoms with Crippen molar-refractivity contribution in [2.45, 2.75) is 19.4 Å². The number of rotatable bonds is 1. The highest BCUT2D eigenvalue weighted by Gasteiger charge is 2.34. The summed E-state index contributed by atoms with van der Waals surface area (Å²) in [6, 6.07) is 0. The van der Waals surface area contributed by atoms with Gasteiger partial charge in [-0.3, -0.25) is 14.9 Å². The third-order valence-corrected chi connectivity index (χ3v) is 1.95. The van der Waals surface area contributed by atoms with E-state index in [-0.39, 0.29) is 5.91 Å². The summed E-state index contributed by atoms with van der Waals surface area (Å²) in [7, 11) is 0. The Labute approximate surface area is 75.3 Å². The van der Waals surface area contributed by atoms with Gasteiger partial charge in [-0.1, -0.05) is 0 Å². The predicted octanol–water partition coefficient (Wildman–Crippen LogP) is 0.0647. The molecule has 0 aromatic carbocycles. The second-order valence-corrected chi connectivity index (χ2v) is 3.46. The number of aromatic nitrogens is 2. The van der Waals surface area contributed by atoms with Crippen molar-refractivity contribution in [2.75, 3.05) is 0 Å². The van der Waals surface area contributed by atoms with Gasteiger partial charge >= 0.3 is 0 Å². The van der Waals surface area contributed by atoms with Gasteiger partial charge in [0.2, 0.25) is 0 Å². The minimum absolute atomic E-state index is 0.0799. The molecule has 0 aliphatic carbocycles. The van der Waals surface area contributed by atoms with Crippen molar-refractivity contribution >= 4 is 11.7 Å². The van der Waals surface area contributed by atoms with Crippen molar-refractivity contribution in [1.29, 1.82) is 0 Å². The van der Waals surface area contributed by atoms with Crippen molar-refractivity contribution in [3.63, 3.8) is 0 Å². The molecule has 1 aromatic heterocycles. The van der Waals surface area contributed by atoms with E-state index < -0.39 is 5.54 Å². The zero-order chi connectivity index (χ0) is 9.47. The molecule has 5 heteroatoms. The van der Waals surface area contributed by atoms with Gasteiger partial charge in [-0.2, -0.15) is 5.10 Å². The summed E-state index contributed by atoms with van der Waals surface area (Å²) in [5.74, 6) is 0.507. The molecule has 1 amide bonds. The lowest BCUT2D eigenvalue weighted by Gasteiger charge is -2.07. The van der Waals surface area contributed by atoms with Crippen LogP contribution in [0.15, 0.2) is 17.4 Å². The number of hydrogen-bond donors (Lipinski definition) is 2. The maximum Gasteiger partial charge on any atom is 0.252 e. The Morgan fingerprint density at radius 1 is 1.46 bits per heavy atom. The number of H-pyrrole nitrogens is 1. The summed E-state index contributed by atoms with van der Waals surface area (Å²) in [6.45, 7) is 3.55. The van der Waals surface area contributed by atoms with Gasteiger partial charge in [0.1, 0.15) is 11.4 Å². The fraction of sp³-hybridized carbons (Fsp3) is 0.375. The van der Waals surface area contributed by atoms with Crippen LogP contribution in [0.2, 0.25) is 0 Å². The summed E-state index contributed by atoms with van der Waals surface area (Å²) in [6.07, 6.45) is 3.32. The Kier molecular flexibility index (Phi) is 1.48. The predicted molar refractivity (Wildman–Crippen MR) is 47.3 cm³/mol. The van der Waals surface area contributed by atoms with E-state index in [0.29, 0.717) is 5.84 Å². The molecule has 1 aliphatic heterocycles. The molecule has 0 bridgehead atoms. The van der Waals surface area contributed by atoms with Crippen LogP contribution in [0.25, 0.3) is 0 Å². The highest BCUT2D eigenvalue weighted by molar-refractivity contribution is 6.14. The maximum absolute atomic E-state index is 11.3. The molecule has 0 unspecified atom stereocenters. The van der Waals surface area contributed by atoms with Gasteiger partial charge in [0, 0.05) is 6.20 Å². The van der Waals surface area contributed by atoms with E-state index in [1.807, 2.05) is 0 Å². The summed E-state index contributed by atoms with van der Waals surface area (Å²) in [5.41, 5.74) is 0.144. The SMILES string of the molecule is CC1(C)N=C(c2cn[nH]c2)NC1=O. The van der Waals surface area contributed by atoms with Gasteiger partial charge in [-0.05, 0) is 13.8 Å². The van der Waals surface area contributed by atoms with E-state index in [1.165, 1.54) is 0 Å². The number of aromatic amines is 1. The largest absolute Gasteiger partial charge is 0.308 e. The first-order valence-electron chi connectivity index (χ1n) is 4.00. The van der Waals surface area contributed by atoms with Crippen LogP contribution in [-0.4, -0.2) is 27.5 Å². The smallest absolute Gasteiger partial charge is 0.252 e. The highest BCUT2D eigenvalue weighted by Crippen LogP contribution is 2.16. The first kappa shape index (κ1) is 7.97. The number of amidine groups is 1. The molecule has 68 valence electrons.